The van der Waals surface area contributed by atoms with E-state index in [1.165, 1.54) is 41.2 Å². The number of non-ortho nitro benzene ring substituents is 1. The van der Waals surface area contributed by atoms with Gasteiger partial charge in [-0.3, -0.25) is 19.7 Å². The van der Waals surface area contributed by atoms with Gasteiger partial charge in [-0.2, -0.15) is 5.10 Å². The minimum absolute atomic E-state index is 0.0894. The van der Waals surface area contributed by atoms with E-state index < -0.39 is 16.9 Å². The zero-order valence-electron chi connectivity index (χ0n) is 16.6. The molecule has 1 unspecified atom stereocenters. The number of halogens is 1. The number of nitrogens with zero attached hydrogens (tertiary/aromatic N) is 4. The first-order valence-electron chi connectivity index (χ1n) is 9.44. The molecular formula is C21H21FN4O4. The Morgan fingerprint density at radius 3 is 2.60 bits per heavy atom. The number of hydrogen-bond donors (Lipinski definition) is 0. The SMILES string of the molecule is CCC(=O)N(C)CC(=O)N1N=C(c2ccc(F)cc2)CC1c1cccc([N+](=O)[O-])c1. The van der Waals surface area contributed by atoms with E-state index in [0.29, 0.717) is 23.3 Å². The van der Waals surface area contributed by atoms with E-state index in [0.717, 1.165) is 0 Å². The number of amides is 2. The number of nitro benzene ring substituents is 1. The standard InChI is InChI=1S/C21H21FN4O4/c1-3-20(27)24(2)13-21(28)25-19(15-5-4-6-17(11-15)26(29)30)12-18(23-25)14-7-9-16(22)10-8-14/h4-11,19H,3,12-13H2,1-2H3. The third kappa shape index (κ3) is 4.51. The fourth-order valence-corrected chi connectivity index (χ4v) is 3.30. The summed E-state index contributed by atoms with van der Waals surface area (Å²) in [5.74, 6) is -0.981. The second-order valence-corrected chi connectivity index (χ2v) is 6.97. The molecule has 2 amide bonds. The second-order valence-electron chi connectivity index (χ2n) is 6.97. The van der Waals surface area contributed by atoms with Gasteiger partial charge in [0.25, 0.3) is 11.6 Å². The second kappa shape index (κ2) is 8.81. The number of nitro groups is 1. The van der Waals surface area contributed by atoms with E-state index in [1.54, 1.807) is 31.2 Å². The number of carbonyl (C=O) groups excluding carboxylic acids is 2. The van der Waals surface area contributed by atoms with Crippen molar-refractivity contribution < 1.29 is 18.9 Å². The molecule has 1 atom stereocenters. The van der Waals surface area contributed by atoms with Crippen molar-refractivity contribution in [3.63, 3.8) is 0 Å². The summed E-state index contributed by atoms with van der Waals surface area (Å²) in [7, 11) is 1.53. The van der Waals surface area contributed by atoms with E-state index in [9.17, 15) is 24.1 Å². The van der Waals surface area contributed by atoms with Gasteiger partial charge in [-0.05, 0) is 23.3 Å². The molecule has 156 valence electrons. The van der Waals surface area contributed by atoms with Gasteiger partial charge in [0, 0.05) is 32.0 Å². The van der Waals surface area contributed by atoms with Crippen LogP contribution in [0.5, 0.6) is 0 Å². The summed E-state index contributed by atoms with van der Waals surface area (Å²) in [6.07, 6.45) is 0.576. The molecule has 2 aromatic rings. The Bertz CT molecular complexity index is 1010. The van der Waals surface area contributed by atoms with Crippen LogP contribution in [0.25, 0.3) is 0 Å². The van der Waals surface area contributed by atoms with Gasteiger partial charge >= 0.3 is 0 Å². The van der Waals surface area contributed by atoms with Crippen molar-refractivity contribution in [2.45, 2.75) is 25.8 Å². The zero-order chi connectivity index (χ0) is 21.8. The number of hydrogen-bond acceptors (Lipinski definition) is 5. The third-order valence-corrected chi connectivity index (χ3v) is 4.91. The van der Waals surface area contributed by atoms with Crippen LogP contribution in [0.4, 0.5) is 10.1 Å². The fourth-order valence-electron chi connectivity index (χ4n) is 3.30. The predicted molar refractivity (Wildman–Crippen MR) is 108 cm³/mol. The summed E-state index contributed by atoms with van der Waals surface area (Å²) < 4.78 is 13.3. The predicted octanol–water partition coefficient (Wildman–Crippen LogP) is 3.28. The lowest BCUT2D eigenvalue weighted by atomic mass is 9.98. The fraction of sp³-hybridized carbons (Fsp3) is 0.286. The van der Waals surface area contributed by atoms with E-state index in [2.05, 4.69) is 5.10 Å². The Morgan fingerprint density at radius 2 is 1.97 bits per heavy atom. The lowest BCUT2D eigenvalue weighted by Crippen LogP contribution is -2.39. The van der Waals surface area contributed by atoms with Crippen LogP contribution in [0, 0.1) is 15.9 Å². The number of benzene rings is 2. The lowest BCUT2D eigenvalue weighted by molar-refractivity contribution is -0.385. The zero-order valence-corrected chi connectivity index (χ0v) is 16.6. The number of hydrazone groups is 1. The molecule has 1 aliphatic rings. The molecule has 9 heteroatoms. The van der Waals surface area contributed by atoms with Crippen LogP contribution in [-0.2, 0) is 9.59 Å². The Kier molecular flexibility index (Phi) is 6.20. The molecule has 0 N–H and O–H groups in total. The van der Waals surface area contributed by atoms with E-state index in [1.807, 2.05) is 0 Å². The van der Waals surface area contributed by atoms with Gasteiger partial charge in [0.1, 0.15) is 12.4 Å². The van der Waals surface area contributed by atoms with Gasteiger partial charge in [0.2, 0.25) is 5.91 Å². The first-order chi connectivity index (χ1) is 14.3. The normalized spacial score (nSPS) is 15.6. The van der Waals surface area contributed by atoms with Gasteiger partial charge in [-0.15, -0.1) is 0 Å². The van der Waals surface area contributed by atoms with Crippen LogP contribution in [0.3, 0.4) is 0 Å². The summed E-state index contributed by atoms with van der Waals surface area (Å²) in [4.78, 5) is 36.8. The van der Waals surface area contributed by atoms with Crippen molar-refractivity contribution >= 4 is 23.2 Å². The minimum Gasteiger partial charge on any atom is -0.336 e. The molecule has 30 heavy (non-hydrogen) atoms. The first-order valence-corrected chi connectivity index (χ1v) is 9.44. The van der Waals surface area contributed by atoms with Crippen LogP contribution >= 0.6 is 0 Å². The van der Waals surface area contributed by atoms with Gasteiger partial charge in [-0.25, -0.2) is 9.40 Å². The average Bonchev–Trinajstić information content (AvgIpc) is 3.19. The van der Waals surface area contributed by atoms with Crippen molar-refractivity contribution in [1.29, 1.82) is 0 Å². The summed E-state index contributed by atoms with van der Waals surface area (Å²) in [5, 5.41) is 16.9. The first kappa shape index (κ1) is 21.1. The highest BCUT2D eigenvalue weighted by Gasteiger charge is 2.34. The summed E-state index contributed by atoms with van der Waals surface area (Å²) in [6.45, 7) is 1.54. The van der Waals surface area contributed by atoms with Crippen LogP contribution in [0.1, 0.15) is 36.9 Å². The smallest absolute Gasteiger partial charge is 0.269 e. The highest BCUT2D eigenvalue weighted by atomic mass is 19.1. The molecule has 0 fully saturated rings. The van der Waals surface area contributed by atoms with Crippen LogP contribution in [0.15, 0.2) is 53.6 Å². The van der Waals surface area contributed by atoms with Crippen molar-refractivity contribution in [1.82, 2.24) is 9.91 Å². The molecule has 0 aliphatic carbocycles. The molecule has 0 spiro atoms. The number of likely N-dealkylation sites (N-methyl/N-ethyl adjacent to an activating group) is 1. The maximum Gasteiger partial charge on any atom is 0.269 e. The van der Waals surface area contributed by atoms with E-state index >= 15 is 0 Å². The highest BCUT2D eigenvalue weighted by molar-refractivity contribution is 6.03. The Labute approximate surface area is 172 Å². The topological polar surface area (TPSA) is 96.1 Å². The van der Waals surface area contributed by atoms with Gasteiger partial charge in [0.15, 0.2) is 0 Å². The van der Waals surface area contributed by atoms with Crippen LogP contribution in [-0.4, -0.2) is 46.0 Å². The summed E-state index contributed by atoms with van der Waals surface area (Å²) >= 11 is 0. The Balaban J connectivity index is 1.94. The molecular weight excluding hydrogens is 391 g/mol. The Hall–Kier alpha value is -3.62. The molecule has 2 aromatic carbocycles. The van der Waals surface area contributed by atoms with Gasteiger partial charge in [0.05, 0.1) is 16.7 Å². The van der Waals surface area contributed by atoms with E-state index in [-0.39, 0.29) is 30.4 Å². The molecule has 3 rings (SSSR count). The average molecular weight is 412 g/mol. The largest absolute Gasteiger partial charge is 0.336 e. The summed E-state index contributed by atoms with van der Waals surface area (Å²) in [6, 6.07) is 11.2. The van der Waals surface area contributed by atoms with Gasteiger partial charge in [-0.1, -0.05) is 31.2 Å². The third-order valence-electron chi connectivity index (χ3n) is 4.91. The van der Waals surface area contributed by atoms with Crippen LogP contribution < -0.4 is 0 Å². The van der Waals surface area contributed by atoms with E-state index in [4.69, 9.17) is 0 Å². The molecule has 0 saturated heterocycles. The molecule has 0 radical (unpaired) electrons. The molecule has 8 nitrogen and oxygen atoms in total. The molecule has 0 aromatic heterocycles. The van der Waals surface area contributed by atoms with Crippen molar-refractivity contribution in [3.05, 3.63) is 75.6 Å². The minimum atomic E-state index is -0.567. The van der Waals surface area contributed by atoms with Crippen LogP contribution in [0.2, 0.25) is 0 Å². The quantitative estimate of drug-likeness (QED) is 0.537. The lowest BCUT2D eigenvalue weighted by Gasteiger charge is -2.24. The maximum absolute atomic E-state index is 13.3. The monoisotopic (exact) mass is 412 g/mol. The number of carbonyl (C=O) groups is 2. The maximum atomic E-state index is 13.3. The van der Waals surface area contributed by atoms with Gasteiger partial charge < -0.3 is 4.90 Å². The summed E-state index contributed by atoms with van der Waals surface area (Å²) in [5.41, 5.74) is 1.68. The van der Waals surface area contributed by atoms with Crippen molar-refractivity contribution in [2.24, 2.45) is 5.10 Å². The highest BCUT2D eigenvalue weighted by Crippen LogP contribution is 2.34. The van der Waals surface area contributed by atoms with Crippen molar-refractivity contribution in [3.8, 4) is 0 Å². The Morgan fingerprint density at radius 1 is 1.27 bits per heavy atom. The molecule has 0 bridgehead atoms. The molecule has 0 saturated carbocycles. The molecule has 1 heterocycles. The number of rotatable bonds is 6. The molecule has 1 aliphatic heterocycles. The van der Waals surface area contributed by atoms with Crippen molar-refractivity contribution in [2.75, 3.05) is 13.6 Å².